The lowest BCUT2D eigenvalue weighted by Gasteiger charge is -2.37. The van der Waals surface area contributed by atoms with Crippen molar-refractivity contribution in [1.82, 2.24) is 30.9 Å². The highest BCUT2D eigenvalue weighted by Crippen LogP contribution is 2.49. The SMILES string of the molecule is O=C1N[C@@]2(CCc3cc(OCCCC(F)(F)F)ccc32)CC(c2nc3c(s2)CCC3)=C1c1nn[nH]n1. The topological polar surface area (TPSA) is 106 Å². The van der Waals surface area contributed by atoms with Gasteiger partial charge in [0.25, 0.3) is 5.91 Å². The first-order valence-electron chi connectivity index (χ1n) is 11.9. The Balaban J connectivity index is 1.31. The summed E-state index contributed by atoms with van der Waals surface area (Å²) in [6.07, 6.45) is -0.148. The van der Waals surface area contributed by atoms with Crippen LogP contribution in [-0.2, 0) is 29.6 Å². The Kier molecular flexibility index (Phi) is 5.58. The number of carbonyl (C=O) groups is 1. The number of hydrogen-bond acceptors (Lipinski definition) is 7. The molecule has 0 saturated carbocycles. The number of aromatic amines is 1. The predicted molar refractivity (Wildman–Crippen MR) is 125 cm³/mol. The number of thiazole rings is 1. The Hall–Kier alpha value is -3.28. The van der Waals surface area contributed by atoms with Crippen LogP contribution in [0.25, 0.3) is 11.1 Å². The van der Waals surface area contributed by atoms with E-state index in [0.717, 1.165) is 46.7 Å². The van der Waals surface area contributed by atoms with Crippen LogP contribution in [0.2, 0.25) is 0 Å². The molecule has 2 aliphatic carbocycles. The number of tetrazole rings is 1. The molecule has 8 nitrogen and oxygen atoms in total. The molecule has 2 N–H and O–H groups in total. The quantitative estimate of drug-likeness (QED) is 0.477. The third-order valence-electron chi connectivity index (χ3n) is 7.07. The summed E-state index contributed by atoms with van der Waals surface area (Å²) in [5.74, 6) is 0.511. The average molecular weight is 517 g/mol. The summed E-state index contributed by atoms with van der Waals surface area (Å²) in [5.41, 5.74) is 3.72. The molecule has 36 heavy (non-hydrogen) atoms. The van der Waals surface area contributed by atoms with Gasteiger partial charge in [-0.05, 0) is 67.0 Å². The molecule has 1 amide bonds. The molecule has 6 rings (SSSR count). The van der Waals surface area contributed by atoms with E-state index in [-0.39, 0.29) is 24.8 Å². The van der Waals surface area contributed by atoms with E-state index in [0.29, 0.717) is 30.6 Å². The number of aryl methyl sites for hydroxylation is 3. The summed E-state index contributed by atoms with van der Waals surface area (Å²) in [4.78, 5) is 19.7. The maximum Gasteiger partial charge on any atom is 0.389 e. The lowest BCUT2D eigenvalue weighted by molar-refractivity contribution is -0.136. The van der Waals surface area contributed by atoms with Crippen molar-refractivity contribution in [3.05, 3.63) is 50.7 Å². The highest BCUT2D eigenvalue weighted by Gasteiger charge is 2.47. The third kappa shape index (κ3) is 4.16. The number of amides is 1. The van der Waals surface area contributed by atoms with Crippen LogP contribution >= 0.6 is 11.3 Å². The number of halogens is 3. The Morgan fingerprint density at radius 3 is 2.86 bits per heavy atom. The summed E-state index contributed by atoms with van der Waals surface area (Å²) in [6, 6.07) is 5.56. The van der Waals surface area contributed by atoms with Crippen molar-refractivity contribution in [1.29, 1.82) is 0 Å². The van der Waals surface area contributed by atoms with E-state index in [1.165, 1.54) is 4.88 Å². The van der Waals surface area contributed by atoms with Crippen molar-refractivity contribution < 1.29 is 22.7 Å². The van der Waals surface area contributed by atoms with Gasteiger partial charge in [-0.3, -0.25) is 4.79 Å². The summed E-state index contributed by atoms with van der Waals surface area (Å²) >= 11 is 1.64. The minimum atomic E-state index is -4.18. The molecular formula is C24H23F3N6O2S. The standard InChI is InChI=1S/C24H23F3N6O2S/c25-24(26,27)8-2-10-35-14-5-6-16-13(11-14)7-9-23(16)12-15(22-28-17-3-1-4-18(17)36-22)19(21(34)29-23)20-30-32-33-31-20/h5-6,11H,1-4,7-10,12H2,(H,29,34)(H,30,31,32,33)/t23-/m0/s1. The van der Waals surface area contributed by atoms with Crippen LogP contribution in [0.3, 0.4) is 0 Å². The number of fused-ring (bicyclic) bond motifs is 3. The van der Waals surface area contributed by atoms with Gasteiger partial charge in [0.15, 0.2) is 0 Å². The molecule has 1 aliphatic heterocycles. The molecule has 1 aromatic carbocycles. The van der Waals surface area contributed by atoms with Gasteiger partial charge in [-0.1, -0.05) is 6.07 Å². The Morgan fingerprint density at radius 1 is 1.19 bits per heavy atom. The van der Waals surface area contributed by atoms with Gasteiger partial charge in [0, 0.05) is 23.3 Å². The zero-order chi connectivity index (χ0) is 24.9. The van der Waals surface area contributed by atoms with E-state index >= 15 is 0 Å². The van der Waals surface area contributed by atoms with Crippen LogP contribution in [0, 0.1) is 0 Å². The number of hydrogen-bond donors (Lipinski definition) is 2. The number of nitrogens with zero attached hydrogens (tertiary/aromatic N) is 4. The van der Waals surface area contributed by atoms with Crippen molar-refractivity contribution in [2.24, 2.45) is 0 Å². The molecule has 1 spiro atoms. The van der Waals surface area contributed by atoms with Gasteiger partial charge >= 0.3 is 6.18 Å². The fourth-order valence-corrected chi connectivity index (χ4v) is 6.65. The molecule has 0 fully saturated rings. The molecule has 3 aromatic rings. The van der Waals surface area contributed by atoms with Crippen molar-refractivity contribution in [2.75, 3.05) is 6.61 Å². The van der Waals surface area contributed by atoms with E-state index in [9.17, 15) is 18.0 Å². The highest BCUT2D eigenvalue weighted by atomic mass is 32.1. The van der Waals surface area contributed by atoms with E-state index in [2.05, 4.69) is 25.9 Å². The largest absolute Gasteiger partial charge is 0.494 e. The van der Waals surface area contributed by atoms with Crippen LogP contribution < -0.4 is 10.1 Å². The summed E-state index contributed by atoms with van der Waals surface area (Å²) in [7, 11) is 0. The van der Waals surface area contributed by atoms with Gasteiger partial charge in [0.1, 0.15) is 10.8 Å². The maximum atomic E-state index is 13.5. The van der Waals surface area contributed by atoms with Gasteiger partial charge < -0.3 is 10.1 Å². The minimum Gasteiger partial charge on any atom is -0.494 e. The molecule has 3 heterocycles. The molecule has 0 saturated heterocycles. The number of ether oxygens (including phenoxy) is 1. The van der Waals surface area contributed by atoms with Gasteiger partial charge in [-0.15, -0.1) is 21.5 Å². The Bertz CT molecular complexity index is 1330. The van der Waals surface area contributed by atoms with E-state index < -0.39 is 18.1 Å². The van der Waals surface area contributed by atoms with Crippen molar-refractivity contribution >= 4 is 28.4 Å². The first kappa shape index (κ1) is 23.1. The fourth-order valence-electron chi connectivity index (χ4n) is 5.45. The van der Waals surface area contributed by atoms with Crippen molar-refractivity contribution in [3.63, 3.8) is 0 Å². The van der Waals surface area contributed by atoms with E-state index in [4.69, 9.17) is 9.72 Å². The zero-order valence-electron chi connectivity index (χ0n) is 19.2. The van der Waals surface area contributed by atoms with Gasteiger partial charge in [-0.25, -0.2) is 4.98 Å². The first-order chi connectivity index (χ1) is 17.3. The van der Waals surface area contributed by atoms with Crippen LogP contribution in [-0.4, -0.2) is 44.3 Å². The predicted octanol–water partition coefficient (Wildman–Crippen LogP) is 4.14. The smallest absolute Gasteiger partial charge is 0.389 e. The van der Waals surface area contributed by atoms with Gasteiger partial charge in [0.05, 0.1) is 23.4 Å². The molecule has 2 aromatic heterocycles. The van der Waals surface area contributed by atoms with Crippen LogP contribution in [0.1, 0.15) is 64.6 Å². The van der Waals surface area contributed by atoms with Crippen LogP contribution in [0.15, 0.2) is 18.2 Å². The molecule has 3 aliphatic rings. The lowest BCUT2D eigenvalue weighted by atomic mass is 9.80. The first-order valence-corrected chi connectivity index (χ1v) is 12.7. The second-order valence-electron chi connectivity index (χ2n) is 9.43. The number of rotatable bonds is 6. The number of benzene rings is 1. The van der Waals surface area contributed by atoms with Gasteiger partial charge in [-0.2, -0.15) is 18.4 Å². The lowest BCUT2D eigenvalue weighted by Crippen LogP contribution is -2.48. The Labute approximate surface area is 208 Å². The molecule has 0 radical (unpaired) electrons. The van der Waals surface area contributed by atoms with Crippen molar-refractivity contribution in [2.45, 2.75) is 63.1 Å². The number of H-pyrrole nitrogens is 1. The van der Waals surface area contributed by atoms with E-state index in [1.54, 1.807) is 17.4 Å². The molecule has 12 heteroatoms. The van der Waals surface area contributed by atoms with Crippen LogP contribution in [0.5, 0.6) is 5.75 Å². The van der Waals surface area contributed by atoms with E-state index in [1.807, 2.05) is 12.1 Å². The molecule has 0 bridgehead atoms. The molecule has 188 valence electrons. The van der Waals surface area contributed by atoms with Crippen LogP contribution in [0.4, 0.5) is 13.2 Å². The molecule has 1 atom stereocenters. The maximum absolute atomic E-state index is 13.5. The number of alkyl halides is 3. The van der Waals surface area contributed by atoms with Crippen molar-refractivity contribution in [3.8, 4) is 5.75 Å². The molecular weight excluding hydrogens is 493 g/mol. The summed E-state index contributed by atoms with van der Waals surface area (Å²) in [5, 5.41) is 18.3. The number of carbonyl (C=O) groups excluding carboxylic acids is 1. The minimum absolute atomic E-state index is 0.00413. The highest BCUT2D eigenvalue weighted by molar-refractivity contribution is 7.13. The summed E-state index contributed by atoms with van der Waals surface area (Å²) < 4.78 is 42.8. The molecule has 0 unspecified atom stereocenters. The number of nitrogens with one attached hydrogen (secondary N) is 2. The second-order valence-corrected chi connectivity index (χ2v) is 10.5. The Morgan fingerprint density at radius 2 is 2.08 bits per heavy atom. The third-order valence-corrected chi connectivity index (χ3v) is 8.29. The van der Waals surface area contributed by atoms with Gasteiger partial charge in [0.2, 0.25) is 5.82 Å². The summed E-state index contributed by atoms with van der Waals surface area (Å²) in [6.45, 7) is -0.00413. The zero-order valence-corrected chi connectivity index (χ0v) is 20.1. The number of aromatic nitrogens is 5. The fraction of sp³-hybridized carbons (Fsp3) is 0.458. The second kappa shape index (κ2) is 8.68. The average Bonchev–Trinajstić information content (AvgIpc) is 3.61. The monoisotopic (exact) mass is 516 g/mol. The normalized spacial score (nSPS) is 21.1.